The maximum Gasteiger partial charge on any atom is 0.169 e. The standard InChI is InChI=1S/C8H12O2S/c1-4-8(2,3)11(9,10)7-5-6-7/h1,7H,5-6H2,2-3H3. The average molecular weight is 172 g/mol. The lowest BCUT2D eigenvalue weighted by Gasteiger charge is -2.17. The van der Waals surface area contributed by atoms with Crippen molar-refractivity contribution in [2.24, 2.45) is 0 Å². The van der Waals surface area contributed by atoms with Gasteiger partial charge in [0, 0.05) is 0 Å². The SMILES string of the molecule is C#CC(C)(C)S(=O)(=O)C1CC1. The molecule has 0 aliphatic heterocycles. The van der Waals surface area contributed by atoms with Crippen molar-refractivity contribution < 1.29 is 8.42 Å². The average Bonchev–Trinajstić information content (AvgIpc) is 2.68. The summed E-state index contributed by atoms with van der Waals surface area (Å²) in [5.41, 5.74) is 0. The lowest BCUT2D eigenvalue weighted by molar-refractivity contribution is 0.574. The summed E-state index contributed by atoms with van der Waals surface area (Å²) in [6.45, 7) is 3.17. The maximum absolute atomic E-state index is 11.5. The van der Waals surface area contributed by atoms with Crippen molar-refractivity contribution in [3.63, 3.8) is 0 Å². The number of hydrogen-bond acceptors (Lipinski definition) is 2. The minimum absolute atomic E-state index is 0.159. The largest absolute Gasteiger partial charge is 0.227 e. The molecule has 0 aromatic heterocycles. The summed E-state index contributed by atoms with van der Waals surface area (Å²) in [4.78, 5) is 0. The Morgan fingerprint density at radius 2 is 1.91 bits per heavy atom. The molecule has 3 heteroatoms. The van der Waals surface area contributed by atoms with Crippen LogP contribution in [0.5, 0.6) is 0 Å². The van der Waals surface area contributed by atoms with Gasteiger partial charge in [-0.2, -0.15) is 0 Å². The van der Waals surface area contributed by atoms with Gasteiger partial charge in [0.15, 0.2) is 9.84 Å². The molecule has 0 atom stereocenters. The first-order valence-electron chi connectivity index (χ1n) is 3.63. The van der Waals surface area contributed by atoms with Gasteiger partial charge in [0.05, 0.1) is 5.25 Å². The molecule has 0 aromatic carbocycles. The Balaban J connectivity index is 2.99. The third kappa shape index (κ3) is 1.28. The van der Waals surface area contributed by atoms with Crippen LogP contribution in [0.4, 0.5) is 0 Å². The third-order valence-electron chi connectivity index (χ3n) is 2.02. The Bertz CT molecular complexity index is 289. The summed E-state index contributed by atoms with van der Waals surface area (Å²) in [5.74, 6) is 2.31. The van der Waals surface area contributed by atoms with E-state index in [0.29, 0.717) is 0 Å². The van der Waals surface area contributed by atoms with Crippen molar-refractivity contribution in [2.45, 2.75) is 36.7 Å². The molecule has 1 rings (SSSR count). The molecule has 11 heavy (non-hydrogen) atoms. The molecule has 2 nitrogen and oxygen atoms in total. The fraction of sp³-hybridized carbons (Fsp3) is 0.750. The predicted molar refractivity (Wildman–Crippen MR) is 44.9 cm³/mol. The topological polar surface area (TPSA) is 34.1 Å². The van der Waals surface area contributed by atoms with Crippen molar-refractivity contribution in [2.75, 3.05) is 0 Å². The summed E-state index contributed by atoms with van der Waals surface area (Å²) in [5, 5.41) is -0.159. The summed E-state index contributed by atoms with van der Waals surface area (Å²) < 4.78 is 22.0. The maximum atomic E-state index is 11.5. The molecule has 0 aromatic rings. The lowest BCUT2D eigenvalue weighted by atomic mass is 10.2. The van der Waals surface area contributed by atoms with Crippen LogP contribution >= 0.6 is 0 Å². The molecule has 0 heterocycles. The molecule has 0 bridgehead atoms. The summed E-state index contributed by atoms with van der Waals surface area (Å²) in [6, 6.07) is 0. The van der Waals surface area contributed by atoms with Crippen molar-refractivity contribution in [1.29, 1.82) is 0 Å². The minimum Gasteiger partial charge on any atom is -0.227 e. The van der Waals surface area contributed by atoms with Gasteiger partial charge < -0.3 is 0 Å². The molecular weight excluding hydrogens is 160 g/mol. The number of terminal acetylenes is 1. The van der Waals surface area contributed by atoms with Gasteiger partial charge in [0.25, 0.3) is 0 Å². The number of rotatable bonds is 2. The van der Waals surface area contributed by atoms with Crippen LogP contribution in [0.1, 0.15) is 26.7 Å². The van der Waals surface area contributed by atoms with E-state index in [1.807, 2.05) is 0 Å². The Morgan fingerprint density at radius 3 is 2.18 bits per heavy atom. The van der Waals surface area contributed by atoms with Gasteiger partial charge in [-0.05, 0) is 26.7 Å². The van der Waals surface area contributed by atoms with Crippen LogP contribution in [-0.4, -0.2) is 18.4 Å². The molecule has 1 saturated carbocycles. The van der Waals surface area contributed by atoms with E-state index in [4.69, 9.17) is 6.42 Å². The molecule has 1 aliphatic rings. The smallest absolute Gasteiger partial charge is 0.169 e. The highest BCUT2D eigenvalue weighted by Gasteiger charge is 2.45. The Morgan fingerprint density at radius 1 is 1.45 bits per heavy atom. The Kier molecular flexibility index (Phi) is 1.76. The normalized spacial score (nSPS) is 19.4. The first-order valence-corrected chi connectivity index (χ1v) is 5.17. The molecule has 1 aliphatic carbocycles. The van der Waals surface area contributed by atoms with Crippen LogP contribution < -0.4 is 0 Å². The number of hydrogen-bond donors (Lipinski definition) is 0. The number of sulfone groups is 1. The predicted octanol–water partition coefficient (Wildman–Crippen LogP) is 0.975. The van der Waals surface area contributed by atoms with Gasteiger partial charge in [-0.25, -0.2) is 8.42 Å². The first kappa shape index (κ1) is 8.61. The summed E-state index contributed by atoms with van der Waals surface area (Å²) in [6.07, 6.45) is 6.70. The monoisotopic (exact) mass is 172 g/mol. The van der Waals surface area contributed by atoms with Crippen LogP contribution in [0, 0.1) is 12.3 Å². The fourth-order valence-corrected chi connectivity index (χ4v) is 2.63. The third-order valence-corrected chi connectivity index (χ3v) is 4.91. The highest BCUT2D eigenvalue weighted by Crippen LogP contribution is 2.35. The van der Waals surface area contributed by atoms with E-state index in [1.54, 1.807) is 13.8 Å². The van der Waals surface area contributed by atoms with E-state index in [2.05, 4.69) is 5.92 Å². The van der Waals surface area contributed by atoms with E-state index in [9.17, 15) is 8.42 Å². The highest BCUT2D eigenvalue weighted by molar-refractivity contribution is 7.93. The van der Waals surface area contributed by atoms with Crippen molar-refractivity contribution >= 4 is 9.84 Å². The van der Waals surface area contributed by atoms with Crippen LogP contribution in [-0.2, 0) is 9.84 Å². The van der Waals surface area contributed by atoms with E-state index in [0.717, 1.165) is 12.8 Å². The second kappa shape index (κ2) is 2.25. The first-order chi connectivity index (χ1) is 4.92. The molecule has 0 spiro atoms. The summed E-state index contributed by atoms with van der Waals surface area (Å²) >= 11 is 0. The second-order valence-electron chi connectivity index (χ2n) is 3.40. The highest BCUT2D eigenvalue weighted by atomic mass is 32.2. The van der Waals surface area contributed by atoms with Crippen LogP contribution in [0.3, 0.4) is 0 Å². The van der Waals surface area contributed by atoms with Gasteiger partial charge in [0.2, 0.25) is 0 Å². The van der Waals surface area contributed by atoms with Crippen molar-refractivity contribution in [1.82, 2.24) is 0 Å². The molecule has 0 radical (unpaired) electrons. The fourth-order valence-electron chi connectivity index (χ4n) is 0.877. The molecule has 0 saturated heterocycles. The van der Waals surface area contributed by atoms with E-state index >= 15 is 0 Å². The Labute approximate surface area is 67.9 Å². The van der Waals surface area contributed by atoms with E-state index < -0.39 is 14.6 Å². The van der Waals surface area contributed by atoms with Gasteiger partial charge >= 0.3 is 0 Å². The zero-order valence-electron chi connectivity index (χ0n) is 6.79. The van der Waals surface area contributed by atoms with Crippen molar-refractivity contribution in [3.05, 3.63) is 0 Å². The molecular formula is C8H12O2S. The zero-order chi connectivity index (χ0) is 8.70. The van der Waals surface area contributed by atoms with Crippen LogP contribution in [0.2, 0.25) is 0 Å². The van der Waals surface area contributed by atoms with Crippen LogP contribution in [0.25, 0.3) is 0 Å². The molecule has 0 amide bonds. The molecule has 62 valence electrons. The van der Waals surface area contributed by atoms with Gasteiger partial charge in [-0.1, -0.05) is 5.92 Å². The van der Waals surface area contributed by atoms with E-state index in [1.165, 1.54) is 0 Å². The molecule has 1 fully saturated rings. The quantitative estimate of drug-likeness (QED) is 0.582. The molecule has 0 N–H and O–H groups in total. The lowest BCUT2D eigenvalue weighted by Crippen LogP contribution is -2.32. The van der Waals surface area contributed by atoms with Gasteiger partial charge in [0.1, 0.15) is 4.75 Å². The Hall–Kier alpha value is -0.490. The van der Waals surface area contributed by atoms with Gasteiger partial charge in [-0.15, -0.1) is 6.42 Å². The molecule has 0 unspecified atom stereocenters. The van der Waals surface area contributed by atoms with Gasteiger partial charge in [-0.3, -0.25) is 0 Å². The minimum atomic E-state index is -3.05. The van der Waals surface area contributed by atoms with E-state index in [-0.39, 0.29) is 5.25 Å². The van der Waals surface area contributed by atoms with Crippen LogP contribution in [0.15, 0.2) is 0 Å². The summed E-state index contributed by atoms with van der Waals surface area (Å²) in [7, 11) is -3.05. The second-order valence-corrected chi connectivity index (χ2v) is 6.18. The van der Waals surface area contributed by atoms with Crippen molar-refractivity contribution in [3.8, 4) is 12.3 Å². The zero-order valence-corrected chi connectivity index (χ0v) is 7.61.